The van der Waals surface area contributed by atoms with Crippen LogP contribution in [0.25, 0.3) is 0 Å². The molecule has 1 amide bonds. The Labute approximate surface area is 111 Å². The van der Waals surface area contributed by atoms with Crippen molar-refractivity contribution in [3.05, 3.63) is 29.8 Å². The summed E-state index contributed by atoms with van der Waals surface area (Å²) < 4.78 is 66.3. The summed E-state index contributed by atoms with van der Waals surface area (Å²) in [6.07, 6.45) is -5.91. The van der Waals surface area contributed by atoms with Crippen LogP contribution in [0.3, 0.4) is 0 Å². The molecule has 0 radical (unpaired) electrons. The van der Waals surface area contributed by atoms with Gasteiger partial charge in [-0.05, 0) is 24.6 Å². The SMILES string of the molecule is CCOc1cccc(CNC(=O)C(F)(F)C(F)(F)F)c1. The van der Waals surface area contributed by atoms with Crippen molar-refractivity contribution in [2.45, 2.75) is 25.6 Å². The number of hydrogen-bond donors (Lipinski definition) is 1. The van der Waals surface area contributed by atoms with Crippen molar-refractivity contribution in [1.82, 2.24) is 5.32 Å². The molecule has 1 rings (SSSR count). The van der Waals surface area contributed by atoms with Gasteiger partial charge in [-0.1, -0.05) is 12.1 Å². The number of hydrogen-bond acceptors (Lipinski definition) is 2. The molecule has 0 aromatic heterocycles. The summed E-state index contributed by atoms with van der Waals surface area (Å²) in [5.41, 5.74) is 0.349. The first-order valence-corrected chi connectivity index (χ1v) is 5.63. The van der Waals surface area contributed by atoms with Gasteiger partial charge in [0.2, 0.25) is 0 Å². The van der Waals surface area contributed by atoms with Crippen LogP contribution >= 0.6 is 0 Å². The lowest BCUT2D eigenvalue weighted by Crippen LogP contribution is -2.50. The first kappa shape index (κ1) is 16.2. The maximum atomic E-state index is 12.7. The molecule has 0 fully saturated rings. The smallest absolute Gasteiger partial charge is 0.463 e. The number of nitrogens with one attached hydrogen (secondary N) is 1. The average Bonchev–Trinajstić information content (AvgIpc) is 2.35. The van der Waals surface area contributed by atoms with Gasteiger partial charge >= 0.3 is 18.0 Å². The first-order valence-electron chi connectivity index (χ1n) is 5.63. The Kier molecular flexibility index (Phi) is 4.91. The Morgan fingerprint density at radius 1 is 1.25 bits per heavy atom. The number of benzene rings is 1. The lowest BCUT2D eigenvalue weighted by atomic mass is 10.2. The Hall–Kier alpha value is -1.86. The summed E-state index contributed by atoms with van der Waals surface area (Å²) >= 11 is 0. The van der Waals surface area contributed by atoms with Crippen LogP contribution in [0.5, 0.6) is 5.75 Å². The number of carbonyl (C=O) groups excluding carboxylic acids is 1. The highest BCUT2D eigenvalue weighted by Gasteiger charge is 2.63. The van der Waals surface area contributed by atoms with Gasteiger partial charge in [0.25, 0.3) is 0 Å². The van der Waals surface area contributed by atoms with Gasteiger partial charge in [0, 0.05) is 6.54 Å². The molecule has 0 atom stereocenters. The topological polar surface area (TPSA) is 38.3 Å². The van der Waals surface area contributed by atoms with Crippen LogP contribution in [-0.2, 0) is 11.3 Å². The summed E-state index contributed by atoms with van der Waals surface area (Å²) in [6.45, 7) is 1.66. The zero-order valence-electron chi connectivity index (χ0n) is 10.4. The van der Waals surface area contributed by atoms with Crippen LogP contribution in [0.2, 0.25) is 0 Å². The highest BCUT2D eigenvalue weighted by molar-refractivity contribution is 5.84. The van der Waals surface area contributed by atoms with Crippen LogP contribution < -0.4 is 10.1 Å². The molecule has 112 valence electrons. The third kappa shape index (κ3) is 3.82. The van der Waals surface area contributed by atoms with Gasteiger partial charge in [0.15, 0.2) is 0 Å². The van der Waals surface area contributed by atoms with Crippen LogP contribution in [0.15, 0.2) is 24.3 Å². The van der Waals surface area contributed by atoms with Crippen molar-refractivity contribution in [3.63, 3.8) is 0 Å². The number of rotatable bonds is 5. The summed E-state index contributed by atoms with van der Waals surface area (Å²) in [5, 5.41) is 1.55. The maximum absolute atomic E-state index is 12.7. The molecule has 20 heavy (non-hydrogen) atoms. The van der Waals surface area contributed by atoms with E-state index in [1.54, 1.807) is 18.3 Å². The number of amides is 1. The normalized spacial score (nSPS) is 12.1. The fraction of sp³-hybridized carbons (Fsp3) is 0.417. The minimum absolute atomic E-state index is 0.349. The average molecular weight is 297 g/mol. The summed E-state index contributed by atoms with van der Waals surface area (Å²) in [5.74, 6) is -7.36. The van der Waals surface area contributed by atoms with Crippen molar-refractivity contribution < 1.29 is 31.5 Å². The third-order valence-electron chi connectivity index (χ3n) is 2.30. The number of alkyl halides is 5. The van der Waals surface area contributed by atoms with E-state index in [0.717, 1.165) is 0 Å². The van der Waals surface area contributed by atoms with Gasteiger partial charge in [-0.15, -0.1) is 0 Å². The van der Waals surface area contributed by atoms with Crippen LogP contribution in [-0.4, -0.2) is 24.6 Å². The first-order chi connectivity index (χ1) is 9.18. The number of ether oxygens (including phenoxy) is 1. The van der Waals surface area contributed by atoms with E-state index in [1.165, 1.54) is 18.2 Å². The molecule has 0 aliphatic carbocycles. The lowest BCUT2D eigenvalue weighted by molar-refractivity contribution is -0.269. The molecule has 0 spiro atoms. The molecular formula is C12H12F5NO2. The van der Waals surface area contributed by atoms with E-state index in [4.69, 9.17) is 4.74 Å². The quantitative estimate of drug-likeness (QED) is 0.849. The third-order valence-corrected chi connectivity index (χ3v) is 2.30. The summed E-state index contributed by atoms with van der Waals surface area (Å²) in [4.78, 5) is 10.9. The molecule has 1 aromatic rings. The minimum Gasteiger partial charge on any atom is -0.494 e. The Morgan fingerprint density at radius 2 is 1.90 bits per heavy atom. The maximum Gasteiger partial charge on any atom is 0.463 e. The van der Waals surface area contributed by atoms with E-state index in [9.17, 15) is 26.7 Å². The molecule has 0 saturated carbocycles. The zero-order chi connectivity index (χ0) is 15.4. The molecule has 0 unspecified atom stereocenters. The second kappa shape index (κ2) is 6.06. The highest BCUT2D eigenvalue weighted by Crippen LogP contribution is 2.35. The van der Waals surface area contributed by atoms with Crippen molar-refractivity contribution >= 4 is 5.91 Å². The molecule has 0 aliphatic rings. The number of carbonyl (C=O) groups is 1. The molecule has 0 saturated heterocycles. The largest absolute Gasteiger partial charge is 0.494 e. The molecule has 1 N–H and O–H groups in total. The summed E-state index contributed by atoms with van der Waals surface area (Å²) in [6, 6.07) is 6.04. The molecule has 0 aliphatic heterocycles. The monoisotopic (exact) mass is 297 g/mol. The fourth-order valence-corrected chi connectivity index (χ4v) is 1.33. The predicted molar refractivity (Wildman–Crippen MR) is 60.5 cm³/mol. The Bertz CT molecular complexity index is 473. The fourth-order valence-electron chi connectivity index (χ4n) is 1.33. The predicted octanol–water partition coefficient (Wildman–Crippen LogP) is 2.90. The van der Waals surface area contributed by atoms with Crippen LogP contribution in [0, 0.1) is 0 Å². The second-order valence-electron chi connectivity index (χ2n) is 3.84. The lowest BCUT2D eigenvalue weighted by Gasteiger charge is -2.18. The number of halogens is 5. The molecule has 1 aromatic carbocycles. The van der Waals surface area contributed by atoms with E-state index in [1.807, 2.05) is 0 Å². The van der Waals surface area contributed by atoms with Gasteiger partial charge in [-0.2, -0.15) is 22.0 Å². The molecule has 0 bridgehead atoms. The minimum atomic E-state index is -5.91. The molecule has 3 nitrogen and oxygen atoms in total. The molecular weight excluding hydrogens is 285 g/mol. The van der Waals surface area contributed by atoms with Crippen molar-refractivity contribution in [2.75, 3.05) is 6.61 Å². The second-order valence-corrected chi connectivity index (χ2v) is 3.84. The summed E-state index contributed by atoms with van der Waals surface area (Å²) in [7, 11) is 0. The van der Waals surface area contributed by atoms with E-state index in [2.05, 4.69) is 0 Å². The van der Waals surface area contributed by atoms with Crippen LogP contribution in [0.1, 0.15) is 12.5 Å². The Balaban J connectivity index is 2.68. The van der Waals surface area contributed by atoms with Crippen LogP contribution in [0.4, 0.5) is 22.0 Å². The van der Waals surface area contributed by atoms with Gasteiger partial charge in [0.05, 0.1) is 6.61 Å². The van der Waals surface area contributed by atoms with E-state index >= 15 is 0 Å². The van der Waals surface area contributed by atoms with Crippen molar-refractivity contribution in [3.8, 4) is 5.75 Å². The van der Waals surface area contributed by atoms with E-state index < -0.39 is 24.6 Å². The standard InChI is InChI=1S/C12H12F5NO2/c1-2-20-9-5-3-4-8(6-9)7-18-10(19)11(13,14)12(15,16)17/h3-6H,2,7H2,1H3,(H,18,19). The zero-order valence-corrected chi connectivity index (χ0v) is 10.4. The molecule has 0 heterocycles. The van der Waals surface area contributed by atoms with Gasteiger partial charge in [-0.25, -0.2) is 0 Å². The van der Waals surface area contributed by atoms with Gasteiger partial charge < -0.3 is 10.1 Å². The van der Waals surface area contributed by atoms with Crippen molar-refractivity contribution in [1.29, 1.82) is 0 Å². The molecule has 8 heteroatoms. The Morgan fingerprint density at radius 3 is 2.45 bits per heavy atom. The van der Waals surface area contributed by atoms with Gasteiger partial charge in [-0.3, -0.25) is 4.79 Å². The van der Waals surface area contributed by atoms with Gasteiger partial charge in [0.1, 0.15) is 5.75 Å². The van der Waals surface area contributed by atoms with Crippen molar-refractivity contribution in [2.24, 2.45) is 0 Å². The highest BCUT2D eigenvalue weighted by atomic mass is 19.4. The van der Waals surface area contributed by atoms with E-state index in [0.29, 0.717) is 17.9 Å². The van der Waals surface area contributed by atoms with E-state index in [-0.39, 0.29) is 0 Å².